The summed E-state index contributed by atoms with van der Waals surface area (Å²) in [6.07, 6.45) is 1.61. The van der Waals surface area contributed by atoms with Crippen molar-refractivity contribution in [3.8, 4) is 0 Å². The first-order valence-electron chi connectivity index (χ1n) is 7.33. The van der Waals surface area contributed by atoms with E-state index in [9.17, 15) is 13.2 Å². The number of carbonyl (C=O) groups excluding carboxylic acids is 1. The Bertz CT molecular complexity index is 727. The van der Waals surface area contributed by atoms with Gasteiger partial charge >= 0.3 is 0 Å². The summed E-state index contributed by atoms with van der Waals surface area (Å²) in [5.74, 6) is -0.135. The summed E-state index contributed by atoms with van der Waals surface area (Å²) >= 11 is 0. The molecule has 0 saturated carbocycles. The summed E-state index contributed by atoms with van der Waals surface area (Å²) in [4.78, 5) is 14.5. The van der Waals surface area contributed by atoms with Crippen molar-refractivity contribution in [2.75, 3.05) is 10.7 Å². The number of hydrogen-bond acceptors (Lipinski definition) is 3. The van der Waals surface area contributed by atoms with E-state index in [0.717, 1.165) is 16.8 Å². The van der Waals surface area contributed by atoms with Gasteiger partial charge in [-0.1, -0.05) is 26.8 Å². The lowest BCUT2D eigenvalue weighted by Gasteiger charge is -2.33. The predicted molar refractivity (Wildman–Crippen MR) is 89.6 cm³/mol. The van der Waals surface area contributed by atoms with Gasteiger partial charge in [-0.3, -0.25) is 4.79 Å². The lowest BCUT2D eigenvalue weighted by Crippen LogP contribution is -2.46. The zero-order valence-corrected chi connectivity index (χ0v) is 14.6. The van der Waals surface area contributed by atoms with Gasteiger partial charge in [-0.05, 0) is 43.2 Å². The molecule has 4 nitrogen and oxygen atoms in total. The van der Waals surface area contributed by atoms with E-state index in [2.05, 4.69) is 0 Å². The Hall–Kier alpha value is -1.62. The van der Waals surface area contributed by atoms with Gasteiger partial charge in [-0.25, -0.2) is 8.42 Å². The zero-order valence-electron chi connectivity index (χ0n) is 13.8. The highest BCUT2D eigenvalue weighted by atomic mass is 32.2. The summed E-state index contributed by atoms with van der Waals surface area (Å²) in [6.45, 7) is 9.53. The fourth-order valence-corrected chi connectivity index (χ4v) is 3.68. The van der Waals surface area contributed by atoms with Crippen molar-refractivity contribution in [3.05, 3.63) is 40.8 Å². The normalized spacial score (nSPS) is 20.1. The van der Waals surface area contributed by atoms with E-state index >= 15 is 0 Å². The van der Waals surface area contributed by atoms with Crippen molar-refractivity contribution >= 4 is 21.4 Å². The first-order chi connectivity index (χ1) is 10.0. The Labute approximate surface area is 132 Å². The van der Waals surface area contributed by atoms with Gasteiger partial charge < -0.3 is 4.90 Å². The van der Waals surface area contributed by atoms with Gasteiger partial charge in [-0.2, -0.15) is 0 Å². The van der Waals surface area contributed by atoms with Crippen molar-refractivity contribution in [1.29, 1.82) is 0 Å². The minimum atomic E-state index is -3.22. The van der Waals surface area contributed by atoms with Crippen molar-refractivity contribution in [2.24, 2.45) is 5.41 Å². The maximum absolute atomic E-state index is 12.9. The second-order valence-electron chi connectivity index (χ2n) is 6.92. The van der Waals surface area contributed by atoms with Gasteiger partial charge in [0.2, 0.25) is 5.91 Å². The van der Waals surface area contributed by atoms with Crippen LogP contribution in [0.4, 0.5) is 5.69 Å². The van der Waals surface area contributed by atoms with Crippen molar-refractivity contribution in [2.45, 2.75) is 40.7 Å². The molecular formula is C17H23NO3S. The second kappa shape index (κ2) is 5.54. The van der Waals surface area contributed by atoms with Crippen LogP contribution in [0.15, 0.2) is 29.7 Å². The standard InChI is InChI=1S/C17H23NO3S/c1-12-6-7-14(10-13(12)2)18(16(19)17(3,4)5)15-8-9-22(20,21)11-15/h6-10,15H,11H2,1-5H3/t15-/m0/s1. The van der Waals surface area contributed by atoms with Crippen LogP contribution in [0.1, 0.15) is 31.9 Å². The van der Waals surface area contributed by atoms with Crippen LogP contribution in [0.25, 0.3) is 0 Å². The number of hydrogen-bond donors (Lipinski definition) is 0. The molecule has 22 heavy (non-hydrogen) atoms. The van der Waals surface area contributed by atoms with Gasteiger partial charge in [0.1, 0.15) is 0 Å². The lowest BCUT2D eigenvalue weighted by molar-refractivity contribution is -0.126. The third-order valence-corrected chi connectivity index (χ3v) is 5.25. The van der Waals surface area contributed by atoms with Crippen molar-refractivity contribution < 1.29 is 13.2 Å². The number of sulfone groups is 1. The first kappa shape index (κ1) is 16.7. The number of carbonyl (C=O) groups is 1. The van der Waals surface area contributed by atoms with Gasteiger partial charge in [0, 0.05) is 16.5 Å². The largest absolute Gasteiger partial charge is 0.304 e. The van der Waals surface area contributed by atoms with E-state index in [1.54, 1.807) is 11.0 Å². The van der Waals surface area contributed by atoms with Crippen LogP contribution in [0.3, 0.4) is 0 Å². The van der Waals surface area contributed by atoms with Crippen molar-refractivity contribution in [1.82, 2.24) is 0 Å². The molecule has 0 aromatic heterocycles. The van der Waals surface area contributed by atoms with Crippen LogP contribution < -0.4 is 4.90 Å². The topological polar surface area (TPSA) is 54.5 Å². The molecule has 2 rings (SSSR count). The SMILES string of the molecule is Cc1ccc(N(C(=O)C(C)(C)C)[C@H]2C=CS(=O)(=O)C2)cc1C. The molecule has 120 valence electrons. The summed E-state index contributed by atoms with van der Waals surface area (Å²) in [5.41, 5.74) is 2.38. The van der Waals surface area contributed by atoms with Crippen molar-refractivity contribution in [3.63, 3.8) is 0 Å². The average molecular weight is 321 g/mol. The Balaban J connectivity index is 2.49. The highest BCUT2D eigenvalue weighted by molar-refractivity contribution is 7.94. The molecule has 0 fully saturated rings. The summed E-state index contributed by atoms with van der Waals surface area (Å²) in [7, 11) is -3.22. The fraction of sp³-hybridized carbons (Fsp3) is 0.471. The molecule has 0 bridgehead atoms. The lowest BCUT2D eigenvalue weighted by atomic mass is 9.93. The monoisotopic (exact) mass is 321 g/mol. The average Bonchev–Trinajstić information content (AvgIpc) is 2.73. The molecule has 0 spiro atoms. The van der Waals surface area contributed by atoms with E-state index in [4.69, 9.17) is 0 Å². The molecule has 1 aliphatic rings. The van der Waals surface area contributed by atoms with Gasteiger partial charge in [-0.15, -0.1) is 0 Å². The number of aryl methyl sites for hydroxylation is 2. The molecule has 1 atom stereocenters. The first-order valence-corrected chi connectivity index (χ1v) is 9.05. The molecule has 0 aliphatic carbocycles. The molecule has 1 heterocycles. The van der Waals surface area contributed by atoms with E-state index in [1.165, 1.54) is 5.41 Å². The fourth-order valence-electron chi connectivity index (χ4n) is 2.42. The number of nitrogens with zero attached hydrogens (tertiary/aromatic N) is 1. The Morgan fingerprint density at radius 2 is 1.82 bits per heavy atom. The molecule has 0 radical (unpaired) electrons. The van der Waals surface area contributed by atoms with Crippen LogP contribution in [0.5, 0.6) is 0 Å². The highest BCUT2D eigenvalue weighted by Gasteiger charge is 2.36. The predicted octanol–water partition coefficient (Wildman–Crippen LogP) is 2.99. The maximum atomic E-state index is 12.9. The minimum absolute atomic E-state index is 0.0538. The number of benzene rings is 1. The van der Waals surface area contributed by atoms with Crippen LogP contribution in [0, 0.1) is 19.3 Å². The van der Waals surface area contributed by atoms with Crippen LogP contribution in [0.2, 0.25) is 0 Å². The zero-order chi connectivity index (χ0) is 16.7. The van der Waals surface area contributed by atoms with E-state index in [-0.39, 0.29) is 11.7 Å². The summed E-state index contributed by atoms with van der Waals surface area (Å²) in [5, 5.41) is 1.21. The van der Waals surface area contributed by atoms with E-state index in [0.29, 0.717) is 0 Å². The van der Waals surface area contributed by atoms with E-state index < -0.39 is 21.3 Å². The van der Waals surface area contributed by atoms with Crippen LogP contribution in [-0.2, 0) is 14.6 Å². The molecule has 1 aromatic carbocycles. The Morgan fingerprint density at radius 1 is 1.18 bits per heavy atom. The van der Waals surface area contributed by atoms with Crippen LogP contribution in [-0.4, -0.2) is 26.1 Å². The molecule has 1 amide bonds. The quantitative estimate of drug-likeness (QED) is 0.841. The maximum Gasteiger partial charge on any atom is 0.232 e. The number of rotatable bonds is 2. The summed E-state index contributed by atoms with van der Waals surface area (Å²) < 4.78 is 23.5. The molecule has 0 unspecified atom stereocenters. The molecule has 0 saturated heterocycles. The molecule has 5 heteroatoms. The second-order valence-corrected chi connectivity index (χ2v) is 8.85. The molecular weight excluding hydrogens is 298 g/mol. The summed E-state index contributed by atoms with van der Waals surface area (Å²) in [6, 6.07) is 5.34. The minimum Gasteiger partial charge on any atom is -0.304 e. The van der Waals surface area contributed by atoms with E-state index in [1.807, 2.05) is 52.8 Å². The molecule has 1 aromatic rings. The van der Waals surface area contributed by atoms with Gasteiger partial charge in [0.15, 0.2) is 9.84 Å². The number of anilines is 1. The smallest absolute Gasteiger partial charge is 0.232 e. The third-order valence-electron chi connectivity index (χ3n) is 3.87. The van der Waals surface area contributed by atoms with Gasteiger partial charge in [0.25, 0.3) is 0 Å². The third kappa shape index (κ3) is 3.40. The Kier molecular flexibility index (Phi) is 4.22. The molecule has 0 N–H and O–H groups in total. The van der Waals surface area contributed by atoms with Crippen LogP contribution >= 0.6 is 0 Å². The Morgan fingerprint density at radius 3 is 2.27 bits per heavy atom. The highest BCUT2D eigenvalue weighted by Crippen LogP contribution is 2.29. The molecule has 1 aliphatic heterocycles. The van der Waals surface area contributed by atoms with Gasteiger partial charge in [0.05, 0.1) is 11.8 Å². The number of amides is 1.